The molecule has 4 aliphatic carbocycles. The Hall–Kier alpha value is -1.84. The standard InChI is InChI=1S/C10H12N4O6/c15-11-9(13(17)18)6-1-5-2-7(4-6)10(12(11)16,14(19)20)8(9)3-5/h5-8H,1-4H2. The highest BCUT2D eigenvalue weighted by Gasteiger charge is 2.95. The highest BCUT2D eigenvalue weighted by Crippen LogP contribution is 2.68. The van der Waals surface area contributed by atoms with E-state index in [0.717, 1.165) is 0 Å². The van der Waals surface area contributed by atoms with Crippen molar-refractivity contribution < 1.29 is 14.7 Å². The van der Waals surface area contributed by atoms with E-state index < -0.39 is 38.9 Å². The van der Waals surface area contributed by atoms with E-state index in [1.807, 2.05) is 0 Å². The lowest BCUT2D eigenvalue weighted by atomic mass is 9.48. The Morgan fingerprint density at radius 1 is 1.05 bits per heavy atom. The summed E-state index contributed by atoms with van der Waals surface area (Å²) in [5, 5.41) is 35.1. The first-order chi connectivity index (χ1) is 9.37. The van der Waals surface area contributed by atoms with Gasteiger partial charge in [0.15, 0.2) is 10.8 Å². The average Bonchev–Trinajstić information content (AvgIpc) is 2.54. The summed E-state index contributed by atoms with van der Waals surface area (Å²) in [6, 6.07) is 0. The first-order valence-electron chi connectivity index (χ1n) is 6.61. The van der Waals surface area contributed by atoms with Crippen molar-refractivity contribution >= 4 is 0 Å². The van der Waals surface area contributed by atoms with E-state index in [4.69, 9.17) is 0 Å². The molecule has 20 heavy (non-hydrogen) atoms. The molecule has 108 valence electrons. The van der Waals surface area contributed by atoms with Gasteiger partial charge in [0.1, 0.15) is 10.8 Å². The summed E-state index contributed by atoms with van der Waals surface area (Å²) in [5.74, 6) is -2.09. The van der Waals surface area contributed by atoms with Crippen LogP contribution in [0.25, 0.3) is 0 Å². The smallest absolute Gasteiger partial charge is 0.491 e. The van der Waals surface area contributed by atoms with Gasteiger partial charge in [0.05, 0.1) is 15.7 Å². The molecular weight excluding hydrogens is 272 g/mol. The highest BCUT2D eigenvalue weighted by molar-refractivity contribution is 5.15. The van der Waals surface area contributed by atoms with Gasteiger partial charge in [-0.2, -0.15) is 0 Å². The van der Waals surface area contributed by atoms with Crippen LogP contribution in [0.1, 0.15) is 25.7 Å². The van der Waals surface area contributed by atoms with Crippen LogP contribution in [0, 0.1) is 54.0 Å². The van der Waals surface area contributed by atoms with E-state index in [0.29, 0.717) is 12.8 Å². The second kappa shape index (κ2) is 3.08. The largest absolute Gasteiger partial charge is 0.698 e. The summed E-state index contributed by atoms with van der Waals surface area (Å²) < 4.78 is 0. The van der Waals surface area contributed by atoms with Gasteiger partial charge < -0.3 is 5.21 Å². The molecule has 6 atom stereocenters. The lowest BCUT2D eigenvalue weighted by Gasteiger charge is -2.51. The van der Waals surface area contributed by atoms with E-state index in [2.05, 4.69) is 0 Å². The Bertz CT molecular complexity index is 568. The zero-order chi connectivity index (χ0) is 14.4. The number of nitrogens with zero attached hydrogens (tertiary/aromatic N) is 4. The summed E-state index contributed by atoms with van der Waals surface area (Å²) in [4.78, 5) is 33.6. The van der Waals surface area contributed by atoms with Crippen LogP contribution in [0.2, 0.25) is 0 Å². The molecule has 5 aliphatic rings. The fourth-order valence-corrected chi connectivity index (χ4v) is 5.45. The third kappa shape index (κ3) is 0.848. The molecule has 0 spiro atoms. The van der Waals surface area contributed by atoms with Crippen LogP contribution in [-0.2, 0) is 0 Å². The lowest BCUT2D eigenvalue weighted by Crippen LogP contribution is -2.71. The molecule has 0 aromatic heterocycles. The molecule has 5 rings (SSSR count). The molecule has 0 aromatic carbocycles. The summed E-state index contributed by atoms with van der Waals surface area (Å²) in [7, 11) is 0. The molecular formula is C10H12N4O6. The van der Waals surface area contributed by atoms with Crippen molar-refractivity contribution in [1.82, 2.24) is 5.17 Å². The van der Waals surface area contributed by atoms with Crippen LogP contribution in [0.15, 0.2) is 0 Å². The second-order valence-electron chi connectivity index (χ2n) is 6.38. The van der Waals surface area contributed by atoms with Gasteiger partial charge in [-0.05, 0) is 31.6 Å². The Labute approximate surface area is 112 Å². The van der Waals surface area contributed by atoms with E-state index in [9.17, 15) is 30.3 Å². The summed E-state index contributed by atoms with van der Waals surface area (Å²) in [6.07, 6.45) is 1.45. The Kier molecular flexibility index (Phi) is 1.84. The zero-order valence-electron chi connectivity index (χ0n) is 10.4. The van der Waals surface area contributed by atoms with Crippen LogP contribution in [0.4, 0.5) is 0 Å². The molecule has 10 nitrogen and oxygen atoms in total. The highest BCUT2D eigenvalue weighted by atomic mass is 16.7. The van der Waals surface area contributed by atoms with Crippen LogP contribution < -0.4 is 0 Å². The first kappa shape index (κ1) is 11.9. The van der Waals surface area contributed by atoms with Crippen LogP contribution >= 0.6 is 0 Å². The van der Waals surface area contributed by atoms with Gasteiger partial charge in [-0.15, -0.1) is 5.17 Å². The third-order valence-corrected chi connectivity index (χ3v) is 5.96. The monoisotopic (exact) mass is 284 g/mol. The maximum Gasteiger partial charge on any atom is 0.491 e. The van der Waals surface area contributed by atoms with Crippen LogP contribution in [0.3, 0.4) is 0 Å². The van der Waals surface area contributed by atoms with Gasteiger partial charge >= 0.3 is 11.3 Å². The molecule has 1 aliphatic heterocycles. The minimum absolute atomic E-state index is 0.157. The van der Waals surface area contributed by atoms with Gasteiger partial charge in [-0.3, -0.25) is 20.2 Å². The fraction of sp³-hybridized carbons (Fsp3) is 1.00. The molecule has 0 aromatic rings. The van der Waals surface area contributed by atoms with Gasteiger partial charge in [-0.1, -0.05) is 0 Å². The summed E-state index contributed by atoms with van der Waals surface area (Å²) in [5.41, 5.74) is -4.27. The van der Waals surface area contributed by atoms with Crippen molar-refractivity contribution in [1.29, 1.82) is 0 Å². The molecule has 0 radical (unpaired) electrons. The number of hydroxylamine groups is 1. The topological polar surface area (TPSA) is 133 Å². The molecule has 10 heteroatoms. The van der Waals surface area contributed by atoms with Crippen molar-refractivity contribution in [2.45, 2.75) is 37.0 Å². The maximum absolute atomic E-state index is 12.2. The third-order valence-electron chi connectivity index (χ3n) is 5.96. The molecule has 6 bridgehead atoms. The van der Waals surface area contributed by atoms with E-state index in [1.165, 1.54) is 0 Å². The number of nitroso groups, excluding NO2 is 1. The molecule has 5 fully saturated rings. The summed E-state index contributed by atoms with van der Waals surface area (Å²) in [6.45, 7) is 0. The van der Waals surface area contributed by atoms with Crippen molar-refractivity contribution in [2.75, 3.05) is 0 Å². The summed E-state index contributed by atoms with van der Waals surface area (Å²) >= 11 is 0. The van der Waals surface area contributed by atoms with Gasteiger partial charge in [0.25, 0.3) is 0 Å². The van der Waals surface area contributed by atoms with Crippen LogP contribution in [-0.4, -0.2) is 31.2 Å². The van der Waals surface area contributed by atoms with Crippen molar-refractivity contribution in [3.8, 4) is 0 Å². The van der Waals surface area contributed by atoms with E-state index in [-0.39, 0.29) is 28.8 Å². The molecule has 1 saturated heterocycles. The minimum atomic E-state index is -2.14. The predicted molar refractivity (Wildman–Crippen MR) is 60.7 cm³/mol. The number of hydrogen-bond donors (Lipinski definition) is 0. The first-order valence-corrected chi connectivity index (χ1v) is 6.61. The maximum atomic E-state index is 12.2. The normalized spacial score (nSPS) is 51.6. The Balaban J connectivity index is 2.02. The Morgan fingerprint density at radius 2 is 1.70 bits per heavy atom. The number of hydrazine groups is 1. The van der Waals surface area contributed by atoms with E-state index in [1.54, 1.807) is 0 Å². The SMILES string of the molecule is O=[N+]([O-])C12C3CC4CC(C3)C([N+](=O)[O-])(C1C4)[N+](=O)N2[O-]. The van der Waals surface area contributed by atoms with Gasteiger partial charge in [-0.25, -0.2) is 0 Å². The Morgan fingerprint density at radius 3 is 2.30 bits per heavy atom. The van der Waals surface area contributed by atoms with Crippen molar-refractivity contribution in [3.05, 3.63) is 30.3 Å². The average molecular weight is 284 g/mol. The second-order valence-corrected chi connectivity index (χ2v) is 6.38. The molecule has 0 N–H and O–H groups in total. The molecule has 1 heterocycles. The van der Waals surface area contributed by atoms with Gasteiger partial charge in [0.2, 0.25) is 0 Å². The van der Waals surface area contributed by atoms with Crippen molar-refractivity contribution in [3.63, 3.8) is 0 Å². The molecule has 4 saturated carbocycles. The number of hydrogen-bond acceptors (Lipinski definition) is 6. The lowest BCUT2D eigenvalue weighted by molar-refractivity contribution is -0.888. The molecule has 0 amide bonds. The zero-order valence-corrected chi connectivity index (χ0v) is 10.4. The fourth-order valence-electron chi connectivity index (χ4n) is 5.45. The predicted octanol–water partition coefficient (Wildman–Crippen LogP) is 0.506. The van der Waals surface area contributed by atoms with E-state index >= 15 is 0 Å². The van der Waals surface area contributed by atoms with Crippen molar-refractivity contribution in [2.24, 2.45) is 23.7 Å². The quantitative estimate of drug-likeness (QED) is 0.409. The minimum Gasteiger partial charge on any atom is -0.698 e. The number of rotatable bonds is 2. The van der Waals surface area contributed by atoms with Gasteiger partial charge in [0, 0.05) is 0 Å². The molecule has 6 unspecified atom stereocenters. The number of nitro groups is 2. The van der Waals surface area contributed by atoms with Crippen LogP contribution in [0.5, 0.6) is 0 Å².